The summed E-state index contributed by atoms with van der Waals surface area (Å²) < 4.78 is 4.86. The van der Waals surface area contributed by atoms with E-state index in [9.17, 15) is 0 Å². The molecule has 12 aromatic rings. The zero-order chi connectivity index (χ0) is 39.6. The molecule has 3 nitrogen and oxygen atoms in total. The SMILES string of the molecule is c1ccc(-c2cc(-c3ccc(-n4c5ccccc5c5ccc(-c6ccc7c8ccccc8n(-c8cccc9ccccc89)c7c6)cc54)cc3)cc(-c3ccccc3)n2)cc1. The van der Waals surface area contributed by atoms with Crippen molar-refractivity contribution in [2.75, 3.05) is 0 Å². The van der Waals surface area contributed by atoms with Gasteiger partial charge in [0.15, 0.2) is 0 Å². The fourth-order valence-electron chi connectivity index (χ4n) is 9.26. The Kier molecular flexibility index (Phi) is 7.85. The van der Waals surface area contributed by atoms with Crippen molar-refractivity contribution in [3.8, 4) is 56.1 Å². The van der Waals surface area contributed by atoms with Crippen LogP contribution in [0.1, 0.15) is 0 Å². The summed E-state index contributed by atoms with van der Waals surface area (Å²) >= 11 is 0. The van der Waals surface area contributed by atoms with Gasteiger partial charge in [-0.1, -0.05) is 170 Å². The lowest BCUT2D eigenvalue weighted by atomic mass is 9.99. The van der Waals surface area contributed by atoms with Crippen LogP contribution in [0.5, 0.6) is 0 Å². The second-order valence-corrected chi connectivity index (χ2v) is 15.6. The normalized spacial score (nSPS) is 11.7. The number of para-hydroxylation sites is 2. The van der Waals surface area contributed by atoms with E-state index in [1.807, 2.05) is 12.1 Å². The first kappa shape index (κ1) is 34.1. The van der Waals surface area contributed by atoms with Crippen molar-refractivity contribution in [3.63, 3.8) is 0 Å². The lowest BCUT2D eigenvalue weighted by Crippen LogP contribution is -1.96. The van der Waals surface area contributed by atoms with Gasteiger partial charge >= 0.3 is 0 Å². The van der Waals surface area contributed by atoms with Crippen LogP contribution < -0.4 is 0 Å². The molecule has 0 atom stereocenters. The number of aromatic nitrogens is 3. The standard InChI is InChI=1S/C57H37N3/c1-3-15-40(16-4-1)51-34-44(35-52(58-51)41-17-5-2-6-18-41)38-26-30-45(31-27-38)59-54-23-11-9-21-47(54)49-32-28-42(36-56(49)59)43-29-33-50-48-22-10-12-24-55(48)60(57(50)37-43)53-25-13-19-39-14-7-8-20-46(39)53/h1-37H. The average molecular weight is 764 g/mol. The van der Waals surface area contributed by atoms with E-state index in [0.717, 1.165) is 39.3 Å². The van der Waals surface area contributed by atoms with E-state index >= 15 is 0 Å². The van der Waals surface area contributed by atoms with Crippen LogP contribution in [0.3, 0.4) is 0 Å². The molecule has 0 saturated heterocycles. The molecule has 0 fully saturated rings. The highest BCUT2D eigenvalue weighted by atomic mass is 15.0. The number of benzene rings is 9. The molecule has 3 heterocycles. The van der Waals surface area contributed by atoms with Gasteiger partial charge in [-0.3, -0.25) is 0 Å². The predicted molar refractivity (Wildman–Crippen MR) is 252 cm³/mol. The Morgan fingerprint density at radius 2 is 0.733 bits per heavy atom. The molecule has 0 aliphatic carbocycles. The Balaban J connectivity index is 0.998. The van der Waals surface area contributed by atoms with Gasteiger partial charge in [0.2, 0.25) is 0 Å². The molecule has 0 N–H and O–H groups in total. The highest BCUT2D eigenvalue weighted by Gasteiger charge is 2.18. The number of nitrogens with zero attached hydrogens (tertiary/aromatic N) is 3. The zero-order valence-corrected chi connectivity index (χ0v) is 32.7. The molecule has 0 bridgehead atoms. The van der Waals surface area contributed by atoms with Crippen molar-refractivity contribution in [1.82, 2.24) is 14.1 Å². The molecule has 0 spiro atoms. The molecule has 0 radical (unpaired) electrons. The van der Waals surface area contributed by atoms with Crippen LogP contribution in [-0.2, 0) is 0 Å². The Labute approximate surface area is 347 Å². The van der Waals surface area contributed by atoms with Gasteiger partial charge in [-0.25, -0.2) is 4.98 Å². The number of pyridine rings is 1. The van der Waals surface area contributed by atoms with Crippen LogP contribution in [0.25, 0.3) is 111 Å². The molecule has 0 saturated carbocycles. The summed E-state index contributed by atoms with van der Waals surface area (Å²) in [6.45, 7) is 0. The van der Waals surface area contributed by atoms with Crippen LogP contribution in [0.2, 0.25) is 0 Å². The van der Waals surface area contributed by atoms with Gasteiger partial charge in [-0.15, -0.1) is 0 Å². The summed E-state index contributed by atoms with van der Waals surface area (Å²) in [6, 6.07) is 81.1. The molecule has 12 rings (SSSR count). The average Bonchev–Trinajstić information content (AvgIpc) is 3.84. The Morgan fingerprint density at radius 3 is 1.35 bits per heavy atom. The van der Waals surface area contributed by atoms with Crippen LogP contribution in [0.4, 0.5) is 0 Å². The minimum Gasteiger partial charge on any atom is -0.309 e. The third-order valence-electron chi connectivity index (χ3n) is 12.1. The molecule has 0 aliphatic rings. The van der Waals surface area contributed by atoms with Gasteiger partial charge in [0.1, 0.15) is 0 Å². The van der Waals surface area contributed by atoms with Crippen molar-refractivity contribution < 1.29 is 0 Å². The van der Waals surface area contributed by atoms with Crippen LogP contribution in [-0.4, -0.2) is 14.1 Å². The summed E-state index contributed by atoms with van der Waals surface area (Å²) in [4.78, 5) is 5.11. The van der Waals surface area contributed by atoms with E-state index in [1.54, 1.807) is 0 Å². The van der Waals surface area contributed by atoms with E-state index in [0.29, 0.717) is 0 Å². The molecule has 9 aromatic carbocycles. The first-order chi connectivity index (χ1) is 29.7. The maximum atomic E-state index is 5.11. The first-order valence-corrected chi connectivity index (χ1v) is 20.5. The Hall–Kier alpha value is -8.01. The third-order valence-corrected chi connectivity index (χ3v) is 12.1. The molecule has 60 heavy (non-hydrogen) atoms. The number of fused-ring (bicyclic) bond motifs is 7. The highest BCUT2D eigenvalue weighted by Crippen LogP contribution is 2.40. The number of hydrogen-bond donors (Lipinski definition) is 0. The molecule has 0 unspecified atom stereocenters. The predicted octanol–water partition coefficient (Wildman–Crippen LogP) is 15.1. The van der Waals surface area contributed by atoms with Crippen molar-refractivity contribution in [2.45, 2.75) is 0 Å². The van der Waals surface area contributed by atoms with Crippen molar-refractivity contribution >= 4 is 54.4 Å². The van der Waals surface area contributed by atoms with Crippen LogP contribution >= 0.6 is 0 Å². The van der Waals surface area contributed by atoms with E-state index in [4.69, 9.17) is 4.98 Å². The summed E-state index contributed by atoms with van der Waals surface area (Å²) in [5.74, 6) is 0. The summed E-state index contributed by atoms with van der Waals surface area (Å²) in [7, 11) is 0. The highest BCUT2D eigenvalue weighted by molar-refractivity contribution is 6.13. The third kappa shape index (κ3) is 5.55. The smallest absolute Gasteiger partial charge is 0.0715 e. The lowest BCUT2D eigenvalue weighted by molar-refractivity contribution is 1.18. The van der Waals surface area contributed by atoms with Crippen molar-refractivity contribution in [2.24, 2.45) is 0 Å². The van der Waals surface area contributed by atoms with Gasteiger partial charge in [-0.2, -0.15) is 0 Å². The van der Waals surface area contributed by atoms with Gasteiger partial charge in [-0.05, 0) is 82.2 Å². The topological polar surface area (TPSA) is 22.8 Å². The van der Waals surface area contributed by atoms with Gasteiger partial charge in [0.05, 0.1) is 39.1 Å². The van der Waals surface area contributed by atoms with E-state index in [-0.39, 0.29) is 0 Å². The number of hydrogen-bond acceptors (Lipinski definition) is 1. The maximum Gasteiger partial charge on any atom is 0.0715 e. The van der Waals surface area contributed by atoms with Crippen molar-refractivity contribution in [1.29, 1.82) is 0 Å². The van der Waals surface area contributed by atoms with Crippen LogP contribution in [0, 0.1) is 0 Å². The monoisotopic (exact) mass is 763 g/mol. The van der Waals surface area contributed by atoms with Gasteiger partial charge < -0.3 is 9.13 Å². The largest absolute Gasteiger partial charge is 0.309 e. The zero-order valence-electron chi connectivity index (χ0n) is 32.7. The Morgan fingerprint density at radius 1 is 0.267 bits per heavy atom. The molecule has 3 heteroatoms. The van der Waals surface area contributed by atoms with Gasteiger partial charge in [0, 0.05) is 43.7 Å². The van der Waals surface area contributed by atoms with Crippen molar-refractivity contribution in [3.05, 3.63) is 224 Å². The van der Waals surface area contributed by atoms with E-state index < -0.39 is 0 Å². The lowest BCUT2D eigenvalue weighted by Gasteiger charge is -2.13. The van der Waals surface area contributed by atoms with E-state index in [2.05, 4.69) is 221 Å². The first-order valence-electron chi connectivity index (χ1n) is 20.5. The van der Waals surface area contributed by atoms with Gasteiger partial charge in [0.25, 0.3) is 0 Å². The second kappa shape index (κ2) is 13.8. The minimum absolute atomic E-state index is 0.960. The Bertz CT molecular complexity index is 3510. The molecule has 3 aromatic heterocycles. The summed E-state index contributed by atoms with van der Waals surface area (Å²) in [5.41, 5.74) is 15.8. The second-order valence-electron chi connectivity index (χ2n) is 15.6. The fraction of sp³-hybridized carbons (Fsp3) is 0. The molecular weight excluding hydrogens is 727 g/mol. The fourth-order valence-corrected chi connectivity index (χ4v) is 9.26. The van der Waals surface area contributed by atoms with E-state index in [1.165, 1.54) is 71.2 Å². The van der Waals surface area contributed by atoms with Crippen LogP contribution in [0.15, 0.2) is 224 Å². The summed E-state index contributed by atoms with van der Waals surface area (Å²) in [6.07, 6.45) is 0. The maximum absolute atomic E-state index is 5.11. The number of rotatable bonds is 6. The molecule has 0 amide bonds. The quantitative estimate of drug-likeness (QED) is 0.165. The molecular formula is C57H37N3. The summed E-state index contributed by atoms with van der Waals surface area (Å²) in [5, 5.41) is 7.45. The molecule has 280 valence electrons. The minimum atomic E-state index is 0.960. The molecule has 0 aliphatic heterocycles.